The number of anilines is 6. The number of nitrogens with zero attached hydrogens (tertiary/aromatic N) is 6. The van der Waals surface area contributed by atoms with Gasteiger partial charge < -0.3 is 32.7 Å². The minimum Gasteiger partial charge on any atom is -0.384 e. The van der Waals surface area contributed by atoms with Crippen molar-refractivity contribution in [2.75, 3.05) is 22.1 Å². The molecule has 59 heavy (non-hydrogen) atoms. The Hall–Kier alpha value is -6.32. The molecule has 2 aliphatic carbocycles. The Bertz CT molecular complexity index is 2350. The Balaban J connectivity index is 0.000000215. The van der Waals surface area contributed by atoms with Crippen molar-refractivity contribution in [3.63, 3.8) is 0 Å². The molecule has 0 fully saturated rings. The molecule has 5 heterocycles. The van der Waals surface area contributed by atoms with Crippen molar-refractivity contribution in [1.29, 1.82) is 0 Å². The molecule has 8 N–H and O–H groups in total. The van der Waals surface area contributed by atoms with Gasteiger partial charge in [-0.15, -0.1) is 0 Å². The molecule has 314 valence electrons. The van der Waals surface area contributed by atoms with Gasteiger partial charge in [-0.05, 0) is 99.6 Å². The highest BCUT2D eigenvalue weighted by molar-refractivity contribution is 5.97. The molecule has 4 aromatic heterocycles. The van der Waals surface area contributed by atoms with Crippen molar-refractivity contribution < 1.29 is 9.59 Å². The summed E-state index contributed by atoms with van der Waals surface area (Å²) in [7, 11) is 0. The van der Waals surface area contributed by atoms with Gasteiger partial charge in [-0.25, -0.2) is 19.9 Å². The number of nitrogens with two attached hydrogens (primary N) is 2. The number of aryl methyl sites for hydroxylation is 2. The first-order valence-electron chi connectivity index (χ1n) is 20.3. The predicted octanol–water partition coefficient (Wildman–Crippen LogP) is 6.06. The highest BCUT2D eigenvalue weighted by Gasteiger charge is 2.45. The number of nitrogens with one attached hydrogen (secondary N) is 4. The van der Waals surface area contributed by atoms with Crippen LogP contribution in [-0.4, -0.2) is 41.4 Å². The van der Waals surface area contributed by atoms with Crippen molar-refractivity contribution in [3.05, 3.63) is 104 Å². The zero-order valence-electron chi connectivity index (χ0n) is 35.3. The van der Waals surface area contributed by atoms with Crippen LogP contribution in [0.2, 0.25) is 0 Å². The lowest BCUT2D eigenvalue weighted by atomic mass is 9.79. The summed E-state index contributed by atoms with van der Waals surface area (Å²) >= 11 is 0. The van der Waals surface area contributed by atoms with Gasteiger partial charge in [0.2, 0.25) is 6.41 Å². The van der Waals surface area contributed by atoms with Gasteiger partial charge in [0.1, 0.15) is 64.3 Å². The number of fused-ring (bicyclic) bond motifs is 2. The molecule has 1 spiro atoms. The van der Waals surface area contributed by atoms with Crippen molar-refractivity contribution in [1.82, 2.24) is 39.7 Å². The van der Waals surface area contributed by atoms with E-state index in [1.54, 1.807) is 33.4 Å². The van der Waals surface area contributed by atoms with Gasteiger partial charge in [0, 0.05) is 17.8 Å². The van der Waals surface area contributed by atoms with Crippen LogP contribution in [0.3, 0.4) is 0 Å². The van der Waals surface area contributed by atoms with E-state index in [-0.39, 0.29) is 17.0 Å². The summed E-state index contributed by atoms with van der Waals surface area (Å²) in [5.41, 5.74) is 12.8. The number of aromatic nitrogens is 6. The van der Waals surface area contributed by atoms with Gasteiger partial charge in [-0.2, -0.15) is 0 Å². The lowest BCUT2D eigenvalue weighted by molar-refractivity contribution is -0.112. The van der Waals surface area contributed by atoms with Gasteiger partial charge >= 0.3 is 0 Å². The SMILES string of the molecule is CC.CCCC1CC=CC2(C1)NC(=O)c1c(C)cc(Nc3cc(N)ncn3)c(=O)n12.Cc1cc(Nc2cc(N)ncn2)c(=O)n(C2(NC=O)C=CCC(C(C)C)C2)c1C. The quantitative estimate of drug-likeness (QED) is 0.0793. The van der Waals surface area contributed by atoms with Crippen molar-refractivity contribution in [2.24, 2.45) is 17.8 Å². The van der Waals surface area contributed by atoms with E-state index >= 15 is 0 Å². The fourth-order valence-corrected chi connectivity index (χ4v) is 8.24. The Morgan fingerprint density at radius 3 is 1.97 bits per heavy atom. The standard InChI is InChI=1S/C21H28N6O2.C20H24N6O2.C2H6/c1-13(2)16-6-5-7-21(10-16,25-12-28)27-15(4)14(3)8-17(20(27)29)26-19-9-18(22)23-11-24-19;1-3-5-13-6-4-7-20(10-13)25-18(27)17-12(2)8-14(19(28)26(17)20)24-16-9-15(21)22-11-23-16;1-2/h5,7-9,11-13,16H,6,10H2,1-4H3,(H,25,28)(H3,22,23,24,26);4,7-9,11,13H,3,5-6,10H2,1-2H3,(H,25,27)(H3,21,22,23,24);1-2H3. The van der Waals surface area contributed by atoms with Crippen LogP contribution in [0.15, 0.2) is 70.8 Å². The number of allylic oxidation sites excluding steroid dienone is 2. The largest absolute Gasteiger partial charge is 0.384 e. The average Bonchev–Trinajstić information content (AvgIpc) is 3.48. The van der Waals surface area contributed by atoms with Gasteiger partial charge in [0.25, 0.3) is 17.0 Å². The number of hydrogen-bond donors (Lipinski definition) is 6. The van der Waals surface area contributed by atoms with Crippen LogP contribution in [-0.2, 0) is 16.1 Å². The number of carbonyl (C=O) groups is 2. The van der Waals surface area contributed by atoms with Crippen molar-refractivity contribution in [3.8, 4) is 0 Å². The maximum atomic E-state index is 13.5. The first-order chi connectivity index (χ1) is 28.2. The summed E-state index contributed by atoms with van der Waals surface area (Å²) in [6.07, 6.45) is 16.7. The molecule has 0 aromatic carbocycles. The molecule has 4 unspecified atom stereocenters. The molecule has 0 saturated carbocycles. The molecule has 4 atom stereocenters. The molecule has 7 rings (SSSR count). The van der Waals surface area contributed by atoms with E-state index in [1.165, 1.54) is 12.7 Å². The number of carbonyl (C=O) groups excluding carboxylic acids is 2. The molecule has 16 nitrogen and oxygen atoms in total. The Labute approximate surface area is 345 Å². The Morgan fingerprint density at radius 2 is 1.41 bits per heavy atom. The molecule has 16 heteroatoms. The second kappa shape index (κ2) is 18.5. The molecular formula is C43H58N12O4. The fourth-order valence-electron chi connectivity index (χ4n) is 8.24. The predicted molar refractivity (Wildman–Crippen MR) is 233 cm³/mol. The van der Waals surface area contributed by atoms with Crippen LogP contribution in [0.25, 0.3) is 0 Å². The van der Waals surface area contributed by atoms with Crippen LogP contribution in [0.1, 0.15) is 100 Å². The summed E-state index contributed by atoms with van der Waals surface area (Å²) < 4.78 is 3.28. The summed E-state index contributed by atoms with van der Waals surface area (Å²) in [5, 5.41) is 12.1. The molecule has 0 bridgehead atoms. The van der Waals surface area contributed by atoms with Gasteiger partial charge in [0.05, 0.1) is 0 Å². The van der Waals surface area contributed by atoms with E-state index in [4.69, 9.17) is 11.5 Å². The summed E-state index contributed by atoms with van der Waals surface area (Å²) in [5.74, 6) is 2.45. The van der Waals surface area contributed by atoms with E-state index in [1.807, 2.05) is 46.8 Å². The van der Waals surface area contributed by atoms with Crippen LogP contribution in [0.4, 0.5) is 34.6 Å². The Kier molecular flexibility index (Phi) is 13.7. The smallest absolute Gasteiger partial charge is 0.277 e. The lowest BCUT2D eigenvalue weighted by Crippen LogP contribution is -2.54. The maximum Gasteiger partial charge on any atom is 0.277 e. The number of amides is 2. The van der Waals surface area contributed by atoms with E-state index in [0.29, 0.717) is 77.3 Å². The highest BCUT2D eigenvalue weighted by Crippen LogP contribution is 2.38. The molecular weight excluding hydrogens is 749 g/mol. The third-order valence-corrected chi connectivity index (χ3v) is 11.2. The topological polar surface area (TPSA) is 230 Å². The Morgan fingerprint density at radius 1 is 0.831 bits per heavy atom. The van der Waals surface area contributed by atoms with Crippen LogP contribution < -0.4 is 43.9 Å². The van der Waals surface area contributed by atoms with E-state index in [0.717, 1.165) is 42.5 Å². The minimum absolute atomic E-state index is 0.214. The molecule has 3 aliphatic rings. The lowest BCUT2D eigenvalue weighted by Gasteiger charge is -2.41. The second-order valence-electron chi connectivity index (χ2n) is 15.5. The van der Waals surface area contributed by atoms with Crippen molar-refractivity contribution in [2.45, 2.75) is 105 Å². The first-order valence-corrected chi connectivity index (χ1v) is 20.3. The van der Waals surface area contributed by atoms with Crippen LogP contribution in [0, 0.1) is 38.5 Å². The third kappa shape index (κ3) is 9.21. The third-order valence-electron chi connectivity index (χ3n) is 11.2. The number of hydrogen-bond acceptors (Lipinski definition) is 12. The number of pyridine rings is 2. The van der Waals surface area contributed by atoms with E-state index in [9.17, 15) is 19.2 Å². The summed E-state index contributed by atoms with van der Waals surface area (Å²) in [6.45, 7) is 16.1. The van der Waals surface area contributed by atoms with Gasteiger partial charge in [-0.3, -0.25) is 28.3 Å². The monoisotopic (exact) mass is 806 g/mol. The molecule has 2 amide bonds. The van der Waals surface area contributed by atoms with Crippen LogP contribution in [0.5, 0.6) is 0 Å². The highest BCUT2D eigenvalue weighted by atomic mass is 16.2. The number of rotatable bonds is 10. The number of nitrogen functional groups attached to an aromatic ring is 2. The zero-order chi connectivity index (χ0) is 43.1. The zero-order valence-corrected chi connectivity index (χ0v) is 35.3. The molecule has 4 aromatic rings. The average molecular weight is 807 g/mol. The second-order valence-corrected chi connectivity index (χ2v) is 15.5. The molecule has 0 saturated heterocycles. The van der Waals surface area contributed by atoms with E-state index in [2.05, 4.69) is 74.1 Å². The summed E-state index contributed by atoms with van der Waals surface area (Å²) in [4.78, 5) is 67.1. The van der Waals surface area contributed by atoms with E-state index < -0.39 is 11.3 Å². The summed E-state index contributed by atoms with van der Waals surface area (Å²) in [6, 6.07) is 6.59. The normalized spacial score (nSPS) is 21.4. The van der Waals surface area contributed by atoms with Gasteiger partial charge in [-0.1, -0.05) is 59.6 Å². The maximum absolute atomic E-state index is 13.5. The minimum atomic E-state index is -0.913. The molecule has 0 radical (unpaired) electrons. The van der Waals surface area contributed by atoms with Gasteiger partial charge in [0.15, 0.2) is 0 Å². The fraction of sp³-hybridized carbons (Fsp3) is 0.442. The first kappa shape index (κ1) is 43.8. The van der Waals surface area contributed by atoms with Crippen LogP contribution >= 0.6 is 0 Å². The molecule has 1 aliphatic heterocycles. The van der Waals surface area contributed by atoms with Crippen molar-refractivity contribution >= 4 is 47.0 Å².